The molecule has 2 aromatic rings. The number of nitrogens with zero attached hydrogens (tertiary/aromatic N) is 4. The van der Waals surface area contributed by atoms with Gasteiger partial charge in [-0.15, -0.1) is 0 Å². The van der Waals surface area contributed by atoms with E-state index in [4.69, 9.17) is 5.10 Å². The van der Waals surface area contributed by atoms with Gasteiger partial charge in [0.1, 0.15) is 5.54 Å². The number of likely N-dealkylation sites (tertiary alicyclic amines) is 2. The van der Waals surface area contributed by atoms with Gasteiger partial charge in [0.25, 0.3) is 0 Å². The third-order valence-electron chi connectivity index (χ3n) is 6.21. The molecule has 0 bridgehead atoms. The van der Waals surface area contributed by atoms with Crippen molar-refractivity contribution >= 4 is 5.91 Å². The zero-order valence-electron chi connectivity index (χ0n) is 16.7. The van der Waals surface area contributed by atoms with Crippen molar-refractivity contribution in [1.29, 1.82) is 0 Å². The molecule has 1 aromatic heterocycles. The first-order valence-corrected chi connectivity index (χ1v) is 10.2. The summed E-state index contributed by atoms with van der Waals surface area (Å²) in [7, 11) is 1.97. The molecule has 2 aliphatic heterocycles. The van der Waals surface area contributed by atoms with E-state index in [9.17, 15) is 4.79 Å². The number of hydrogen-bond acceptors (Lipinski definition) is 3. The van der Waals surface area contributed by atoms with Gasteiger partial charge >= 0.3 is 0 Å². The van der Waals surface area contributed by atoms with Crippen molar-refractivity contribution in [3.63, 3.8) is 0 Å². The molecule has 5 heteroatoms. The van der Waals surface area contributed by atoms with E-state index >= 15 is 0 Å². The van der Waals surface area contributed by atoms with Crippen molar-refractivity contribution < 1.29 is 4.79 Å². The summed E-state index contributed by atoms with van der Waals surface area (Å²) in [6, 6.07) is 10.6. The van der Waals surface area contributed by atoms with Crippen LogP contribution in [0.1, 0.15) is 45.1 Å². The summed E-state index contributed by atoms with van der Waals surface area (Å²) in [5.41, 5.74) is 3.07. The molecule has 0 aliphatic carbocycles. The molecule has 144 valence electrons. The van der Waals surface area contributed by atoms with Crippen molar-refractivity contribution in [2.45, 2.75) is 57.7 Å². The topological polar surface area (TPSA) is 41.4 Å². The third kappa shape index (κ3) is 3.18. The highest BCUT2D eigenvalue weighted by molar-refractivity contribution is 5.87. The molecule has 27 heavy (non-hydrogen) atoms. The van der Waals surface area contributed by atoms with Gasteiger partial charge < -0.3 is 4.90 Å². The molecule has 2 fully saturated rings. The standard InChI is InChI=1S/C22H30N4O/c1-17(2)26-14-8-12-22(21(26)27)11-7-13-25(22)16-19-15-24(3)23-20(19)18-9-5-4-6-10-18/h4-6,9-10,15,17H,7-8,11-14,16H2,1-3H3. The zero-order valence-corrected chi connectivity index (χ0v) is 16.7. The first kappa shape index (κ1) is 18.2. The molecular weight excluding hydrogens is 336 g/mol. The van der Waals surface area contributed by atoms with Gasteiger partial charge in [-0.1, -0.05) is 30.3 Å². The van der Waals surface area contributed by atoms with E-state index in [1.165, 1.54) is 5.56 Å². The second-order valence-corrected chi connectivity index (χ2v) is 8.30. The molecule has 3 heterocycles. The molecular formula is C22H30N4O. The minimum atomic E-state index is -0.313. The van der Waals surface area contributed by atoms with Gasteiger partial charge in [-0.3, -0.25) is 14.4 Å². The van der Waals surface area contributed by atoms with Crippen LogP contribution in [-0.2, 0) is 18.4 Å². The van der Waals surface area contributed by atoms with Crippen LogP contribution in [-0.4, -0.2) is 50.2 Å². The van der Waals surface area contributed by atoms with Crippen LogP contribution in [0.2, 0.25) is 0 Å². The van der Waals surface area contributed by atoms with Crippen LogP contribution < -0.4 is 0 Å². The lowest BCUT2D eigenvalue weighted by atomic mass is 9.84. The summed E-state index contributed by atoms with van der Waals surface area (Å²) in [5.74, 6) is 0.339. The fourth-order valence-corrected chi connectivity index (χ4v) is 4.90. The van der Waals surface area contributed by atoms with Crippen LogP contribution in [0.5, 0.6) is 0 Å². The predicted octanol–water partition coefficient (Wildman–Crippen LogP) is 3.45. The Morgan fingerprint density at radius 3 is 2.52 bits per heavy atom. The van der Waals surface area contributed by atoms with Gasteiger partial charge in [0, 0.05) is 43.5 Å². The first-order chi connectivity index (χ1) is 13.0. The number of amides is 1. The number of rotatable bonds is 4. The molecule has 2 saturated heterocycles. The maximum Gasteiger partial charge on any atom is 0.243 e. The van der Waals surface area contributed by atoms with Crippen molar-refractivity contribution in [1.82, 2.24) is 19.6 Å². The van der Waals surface area contributed by atoms with Crippen LogP contribution >= 0.6 is 0 Å². The summed E-state index contributed by atoms with van der Waals surface area (Å²) < 4.78 is 1.89. The molecule has 0 saturated carbocycles. The molecule has 2 aliphatic rings. The Balaban J connectivity index is 1.64. The predicted molar refractivity (Wildman–Crippen MR) is 107 cm³/mol. The molecule has 0 N–H and O–H groups in total. The van der Waals surface area contributed by atoms with Crippen LogP contribution in [0, 0.1) is 0 Å². The van der Waals surface area contributed by atoms with E-state index in [0.717, 1.165) is 56.6 Å². The zero-order chi connectivity index (χ0) is 19.0. The number of aryl methyl sites for hydroxylation is 1. The average molecular weight is 367 g/mol. The number of piperidine rings is 1. The van der Waals surface area contributed by atoms with E-state index in [1.54, 1.807) is 0 Å². The summed E-state index contributed by atoms with van der Waals surface area (Å²) in [5, 5.41) is 4.71. The average Bonchev–Trinajstić information content (AvgIpc) is 3.22. The minimum Gasteiger partial charge on any atom is -0.339 e. The molecule has 1 spiro atoms. The van der Waals surface area contributed by atoms with Gasteiger partial charge in [-0.05, 0) is 46.1 Å². The molecule has 1 aromatic carbocycles. The Morgan fingerprint density at radius 2 is 1.81 bits per heavy atom. The van der Waals surface area contributed by atoms with E-state index in [1.807, 2.05) is 17.8 Å². The number of benzene rings is 1. The van der Waals surface area contributed by atoms with Crippen molar-refractivity contribution in [2.75, 3.05) is 13.1 Å². The fraction of sp³-hybridized carbons (Fsp3) is 0.545. The third-order valence-corrected chi connectivity index (χ3v) is 6.21. The lowest BCUT2D eigenvalue weighted by molar-refractivity contribution is -0.149. The highest BCUT2D eigenvalue weighted by Crippen LogP contribution is 2.40. The van der Waals surface area contributed by atoms with Gasteiger partial charge in [-0.25, -0.2) is 0 Å². The Hall–Kier alpha value is -2.14. The Labute approximate surface area is 162 Å². The van der Waals surface area contributed by atoms with E-state index in [-0.39, 0.29) is 11.6 Å². The lowest BCUT2D eigenvalue weighted by Gasteiger charge is -2.46. The molecule has 0 radical (unpaired) electrons. The van der Waals surface area contributed by atoms with Crippen molar-refractivity contribution in [3.05, 3.63) is 42.1 Å². The second-order valence-electron chi connectivity index (χ2n) is 8.30. The largest absolute Gasteiger partial charge is 0.339 e. The Bertz CT molecular complexity index is 813. The highest BCUT2D eigenvalue weighted by Gasteiger charge is 2.51. The normalized spacial score (nSPS) is 23.7. The van der Waals surface area contributed by atoms with Crippen molar-refractivity contribution in [2.24, 2.45) is 7.05 Å². The molecule has 1 unspecified atom stereocenters. The number of aromatic nitrogens is 2. The minimum absolute atomic E-state index is 0.274. The number of hydrogen-bond donors (Lipinski definition) is 0. The second kappa shape index (κ2) is 7.12. The Morgan fingerprint density at radius 1 is 1.11 bits per heavy atom. The molecule has 1 atom stereocenters. The molecule has 5 nitrogen and oxygen atoms in total. The van der Waals surface area contributed by atoms with E-state index in [2.05, 4.69) is 54.1 Å². The van der Waals surface area contributed by atoms with Crippen molar-refractivity contribution in [3.8, 4) is 11.3 Å². The summed E-state index contributed by atoms with van der Waals surface area (Å²) in [6.45, 7) is 6.93. The maximum absolute atomic E-state index is 13.4. The maximum atomic E-state index is 13.4. The monoisotopic (exact) mass is 366 g/mol. The van der Waals surface area contributed by atoms with Gasteiger partial charge in [-0.2, -0.15) is 5.10 Å². The molecule has 1 amide bonds. The van der Waals surface area contributed by atoms with Crippen LogP contribution in [0.3, 0.4) is 0 Å². The highest BCUT2D eigenvalue weighted by atomic mass is 16.2. The smallest absolute Gasteiger partial charge is 0.243 e. The SMILES string of the molecule is CC(C)N1CCCC2(CCCN2Cc2cn(C)nc2-c2ccccc2)C1=O. The lowest BCUT2D eigenvalue weighted by Crippen LogP contribution is -2.61. The van der Waals surface area contributed by atoms with Crippen LogP contribution in [0.25, 0.3) is 11.3 Å². The first-order valence-electron chi connectivity index (χ1n) is 10.2. The van der Waals surface area contributed by atoms with Gasteiger partial charge in [0.15, 0.2) is 0 Å². The summed E-state index contributed by atoms with van der Waals surface area (Å²) in [6.07, 6.45) is 6.27. The fourth-order valence-electron chi connectivity index (χ4n) is 4.90. The van der Waals surface area contributed by atoms with E-state index < -0.39 is 0 Å². The quantitative estimate of drug-likeness (QED) is 0.832. The Kier molecular flexibility index (Phi) is 4.81. The number of carbonyl (C=O) groups is 1. The summed E-state index contributed by atoms with van der Waals surface area (Å²) >= 11 is 0. The molecule has 4 rings (SSSR count). The van der Waals surface area contributed by atoms with E-state index in [0.29, 0.717) is 5.91 Å². The van der Waals surface area contributed by atoms with Gasteiger partial charge in [0.2, 0.25) is 5.91 Å². The number of carbonyl (C=O) groups excluding carboxylic acids is 1. The summed E-state index contributed by atoms with van der Waals surface area (Å²) in [4.78, 5) is 17.9. The van der Waals surface area contributed by atoms with Crippen LogP contribution in [0.15, 0.2) is 36.5 Å². The van der Waals surface area contributed by atoms with Gasteiger partial charge in [0.05, 0.1) is 5.69 Å². The van der Waals surface area contributed by atoms with Crippen LogP contribution in [0.4, 0.5) is 0 Å².